The minimum absolute atomic E-state index is 0.0320. The molecule has 3 rings (SSSR count). The monoisotopic (exact) mass is 395 g/mol. The number of likely N-dealkylation sites (N-methyl/N-ethyl adjacent to an activating group) is 1. The summed E-state index contributed by atoms with van der Waals surface area (Å²) in [5.41, 5.74) is 4.56. The van der Waals surface area contributed by atoms with Crippen molar-refractivity contribution in [3.8, 4) is 5.75 Å². The molecule has 0 aliphatic carbocycles. The van der Waals surface area contributed by atoms with Gasteiger partial charge < -0.3 is 19.9 Å². The molecule has 2 aromatic rings. The van der Waals surface area contributed by atoms with Crippen LogP contribution in [0, 0.1) is 20.8 Å². The van der Waals surface area contributed by atoms with Crippen molar-refractivity contribution in [2.45, 2.75) is 20.8 Å². The van der Waals surface area contributed by atoms with Crippen molar-refractivity contribution in [1.82, 2.24) is 9.80 Å². The predicted octanol–water partition coefficient (Wildman–Crippen LogP) is 3.02. The number of nitrogens with zero attached hydrogens (tertiary/aromatic N) is 2. The van der Waals surface area contributed by atoms with Crippen LogP contribution in [0.3, 0.4) is 0 Å². The van der Waals surface area contributed by atoms with E-state index in [1.54, 1.807) is 24.3 Å². The molecule has 154 valence electrons. The van der Waals surface area contributed by atoms with E-state index >= 15 is 0 Å². The summed E-state index contributed by atoms with van der Waals surface area (Å²) in [5, 5.41) is 2.82. The Morgan fingerprint density at radius 1 is 1.00 bits per heavy atom. The van der Waals surface area contributed by atoms with Gasteiger partial charge in [0, 0.05) is 37.4 Å². The maximum Gasteiger partial charge on any atom is 0.262 e. The maximum atomic E-state index is 12.6. The minimum atomic E-state index is -0.235. The Balaban J connectivity index is 1.54. The Hall–Kier alpha value is -2.86. The third-order valence-electron chi connectivity index (χ3n) is 5.33. The van der Waals surface area contributed by atoms with E-state index in [4.69, 9.17) is 4.74 Å². The van der Waals surface area contributed by atoms with Crippen molar-refractivity contribution in [3.63, 3.8) is 0 Å². The van der Waals surface area contributed by atoms with Gasteiger partial charge in [0.15, 0.2) is 6.61 Å². The molecule has 1 aliphatic heterocycles. The number of rotatable bonds is 5. The lowest BCUT2D eigenvalue weighted by molar-refractivity contribution is -0.118. The first kappa shape index (κ1) is 20.9. The number of anilines is 1. The summed E-state index contributed by atoms with van der Waals surface area (Å²) >= 11 is 0. The lowest BCUT2D eigenvalue weighted by atomic mass is 10.1. The molecular formula is C23H29N3O3. The average molecular weight is 396 g/mol. The second-order valence-corrected chi connectivity index (χ2v) is 7.71. The van der Waals surface area contributed by atoms with E-state index in [9.17, 15) is 9.59 Å². The van der Waals surface area contributed by atoms with E-state index < -0.39 is 0 Å². The van der Waals surface area contributed by atoms with Gasteiger partial charge in [-0.1, -0.05) is 6.07 Å². The first-order valence-electron chi connectivity index (χ1n) is 9.92. The van der Waals surface area contributed by atoms with E-state index in [1.807, 2.05) is 31.7 Å². The van der Waals surface area contributed by atoms with Crippen LogP contribution in [0.5, 0.6) is 5.75 Å². The molecule has 1 N–H and O–H groups in total. The van der Waals surface area contributed by atoms with E-state index in [0.29, 0.717) is 11.3 Å². The normalized spacial score (nSPS) is 14.6. The van der Waals surface area contributed by atoms with Crippen LogP contribution in [0.1, 0.15) is 27.0 Å². The number of carbonyl (C=O) groups is 2. The number of nitrogens with one attached hydrogen (secondary N) is 1. The molecule has 2 aromatic carbocycles. The third-order valence-corrected chi connectivity index (χ3v) is 5.33. The average Bonchev–Trinajstić information content (AvgIpc) is 2.70. The van der Waals surface area contributed by atoms with Crippen LogP contribution in [0.25, 0.3) is 0 Å². The zero-order chi connectivity index (χ0) is 21.0. The molecule has 6 heteroatoms. The largest absolute Gasteiger partial charge is 0.483 e. The molecule has 2 amide bonds. The number of amides is 2. The Kier molecular flexibility index (Phi) is 6.54. The van der Waals surface area contributed by atoms with Crippen LogP contribution >= 0.6 is 0 Å². The smallest absolute Gasteiger partial charge is 0.262 e. The zero-order valence-electron chi connectivity index (χ0n) is 17.6. The van der Waals surface area contributed by atoms with E-state index in [0.717, 1.165) is 48.6 Å². The fourth-order valence-corrected chi connectivity index (χ4v) is 3.38. The highest BCUT2D eigenvalue weighted by molar-refractivity contribution is 5.96. The molecule has 6 nitrogen and oxygen atoms in total. The molecule has 0 unspecified atom stereocenters. The Bertz CT molecular complexity index is 885. The van der Waals surface area contributed by atoms with Crippen molar-refractivity contribution in [1.29, 1.82) is 0 Å². The van der Waals surface area contributed by atoms with Crippen LogP contribution in [0.2, 0.25) is 0 Å². The van der Waals surface area contributed by atoms with Crippen molar-refractivity contribution >= 4 is 17.5 Å². The number of carbonyl (C=O) groups excluding carboxylic acids is 2. The van der Waals surface area contributed by atoms with Gasteiger partial charge in [-0.3, -0.25) is 9.59 Å². The van der Waals surface area contributed by atoms with Gasteiger partial charge >= 0.3 is 0 Å². The summed E-state index contributed by atoms with van der Waals surface area (Å²) in [6.45, 7) is 9.21. The summed E-state index contributed by atoms with van der Waals surface area (Å²) in [6, 6.07) is 11.0. The summed E-state index contributed by atoms with van der Waals surface area (Å²) in [7, 11) is 2.06. The van der Waals surface area contributed by atoms with E-state index in [1.165, 1.54) is 0 Å². The second kappa shape index (κ2) is 9.09. The minimum Gasteiger partial charge on any atom is -0.483 e. The Labute approximate surface area is 172 Å². The summed E-state index contributed by atoms with van der Waals surface area (Å²) in [6.07, 6.45) is 0. The van der Waals surface area contributed by atoms with E-state index in [-0.39, 0.29) is 18.4 Å². The van der Waals surface area contributed by atoms with Crippen LogP contribution < -0.4 is 10.1 Å². The lowest BCUT2D eigenvalue weighted by Gasteiger charge is -2.32. The molecule has 0 spiro atoms. The van der Waals surface area contributed by atoms with Gasteiger partial charge in [-0.05, 0) is 74.8 Å². The summed E-state index contributed by atoms with van der Waals surface area (Å²) < 4.78 is 5.71. The highest BCUT2D eigenvalue weighted by atomic mass is 16.5. The maximum absolute atomic E-state index is 12.6. The van der Waals surface area contributed by atoms with Crippen molar-refractivity contribution in [2.24, 2.45) is 0 Å². The quantitative estimate of drug-likeness (QED) is 0.845. The topological polar surface area (TPSA) is 61.9 Å². The second-order valence-electron chi connectivity index (χ2n) is 7.71. The number of ether oxygens (including phenoxy) is 1. The molecule has 1 saturated heterocycles. The number of aryl methyl sites for hydroxylation is 2. The number of hydrogen-bond acceptors (Lipinski definition) is 4. The Morgan fingerprint density at radius 3 is 2.31 bits per heavy atom. The predicted molar refractivity (Wildman–Crippen MR) is 115 cm³/mol. The summed E-state index contributed by atoms with van der Waals surface area (Å²) in [5.74, 6) is 0.525. The van der Waals surface area contributed by atoms with Crippen LogP contribution in [0.15, 0.2) is 36.4 Å². The van der Waals surface area contributed by atoms with Crippen molar-refractivity contribution < 1.29 is 14.3 Å². The van der Waals surface area contributed by atoms with Gasteiger partial charge in [-0.2, -0.15) is 0 Å². The number of hydrogen-bond donors (Lipinski definition) is 1. The zero-order valence-corrected chi connectivity index (χ0v) is 17.6. The van der Waals surface area contributed by atoms with Crippen LogP contribution in [-0.4, -0.2) is 61.4 Å². The summed E-state index contributed by atoms with van der Waals surface area (Å²) in [4.78, 5) is 28.9. The fraction of sp³-hybridized carbons (Fsp3) is 0.391. The van der Waals surface area contributed by atoms with Gasteiger partial charge in [0.2, 0.25) is 0 Å². The number of piperazine rings is 1. The van der Waals surface area contributed by atoms with Gasteiger partial charge in [-0.15, -0.1) is 0 Å². The molecule has 29 heavy (non-hydrogen) atoms. The highest BCUT2D eigenvalue weighted by Gasteiger charge is 2.20. The fourth-order valence-electron chi connectivity index (χ4n) is 3.38. The van der Waals surface area contributed by atoms with Crippen LogP contribution in [-0.2, 0) is 4.79 Å². The first-order valence-corrected chi connectivity index (χ1v) is 9.92. The molecule has 0 atom stereocenters. The molecule has 0 saturated carbocycles. The molecule has 1 heterocycles. The van der Waals surface area contributed by atoms with Gasteiger partial charge in [0.05, 0.1) is 0 Å². The SMILES string of the molecule is Cc1cc(C)c(C)c(OCC(=O)Nc2ccc(C(=O)N3CCN(C)CC3)cc2)c1. The third kappa shape index (κ3) is 5.35. The molecular weight excluding hydrogens is 366 g/mol. The standard InChI is InChI=1S/C23H29N3O3/c1-16-13-17(2)18(3)21(14-16)29-15-22(27)24-20-7-5-19(6-8-20)23(28)26-11-9-25(4)10-12-26/h5-8,13-14H,9-12,15H2,1-4H3,(H,24,27). The van der Waals surface area contributed by atoms with E-state index in [2.05, 4.69) is 23.3 Å². The Morgan fingerprint density at radius 2 is 1.66 bits per heavy atom. The van der Waals surface area contributed by atoms with Crippen LogP contribution in [0.4, 0.5) is 5.69 Å². The van der Waals surface area contributed by atoms with Gasteiger partial charge in [0.1, 0.15) is 5.75 Å². The number of benzene rings is 2. The van der Waals surface area contributed by atoms with Crippen molar-refractivity contribution in [3.05, 3.63) is 58.7 Å². The molecule has 0 aromatic heterocycles. The molecule has 0 bridgehead atoms. The first-order chi connectivity index (χ1) is 13.8. The lowest BCUT2D eigenvalue weighted by Crippen LogP contribution is -2.47. The van der Waals surface area contributed by atoms with Gasteiger partial charge in [-0.25, -0.2) is 0 Å². The molecule has 0 radical (unpaired) electrons. The van der Waals surface area contributed by atoms with Gasteiger partial charge in [0.25, 0.3) is 11.8 Å². The highest BCUT2D eigenvalue weighted by Crippen LogP contribution is 2.23. The van der Waals surface area contributed by atoms with Crippen molar-refractivity contribution in [2.75, 3.05) is 45.2 Å². The molecule has 1 fully saturated rings. The molecule has 1 aliphatic rings.